The maximum absolute atomic E-state index is 12.5. The van der Waals surface area contributed by atoms with Gasteiger partial charge in [-0.1, -0.05) is 18.2 Å². The molecule has 0 saturated carbocycles. The summed E-state index contributed by atoms with van der Waals surface area (Å²) in [5, 5.41) is 6.29. The zero-order valence-corrected chi connectivity index (χ0v) is 16.8. The van der Waals surface area contributed by atoms with Crippen LogP contribution in [-0.2, 0) is 11.2 Å². The highest BCUT2D eigenvalue weighted by Gasteiger charge is 2.21. The van der Waals surface area contributed by atoms with E-state index in [1.54, 1.807) is 18.8 Å². The maximum atomic E-state index is 12.5. The van der Waals surface area contributed by atoms with Crippen molar-refractivity contribution < 1.29 is 4.79 Å². The molecule has 0 aliphatic carbocycles. The number of carbonyl (C=O) groups is 1. The standard InChI is InChI=1S/C16H24N4OS.HI/c1-17-16(18-9-11-22-2)19-12-15(21)20-10-5-7-13-6-3-4-8-14(13)20;/h3-4,6,8H,5,7,9-12H2,1-2H3,(H2,17,18,19);1H. The number of benzene rings is 1. The van der Waals surface area contributed by atoms with E-state index >= 15 is 0 Å². The average Bonchev–Trinajstić information content (AvgIpc) is 2.57. The molecule has 0 bridgehead atoms. The summed E-state index contributed by atoms with van der Waals surface area (Å²) in [6.07, 6.45) is 4.13. The molecule has 1 aromatic rings. The van der Waals surface area contributed by atoms with Gasteiger partial charge in [0, 0.05) is 31.6 Å². The molecule has 0 atom stereocenters. The lowest BCUT2D eigenvalue weighted by atomic mass is 10.0. The van der Waals surface area contributed by atoms with Crippen LogP contribution in [0.2, 0.25) is 0 Å². The fourth-order valence-corrected chi connectivity index (χ4v) is 2.85. The Kier molecular flexibility index (Phi) is 9.39. The number of fused-ring (bicyclic) bond motifs is 1. The van der Waals surface area contributed by atoms with E-state index in [0.717, 1.165) is 37.4 Å². The van der Waals surface area contributed by atoms with Crippen LogP contribution in [0, 0.1) is 0 Å². The predicted molar refractivity (Wildman–Crippen MR) is 110 cm³/mol. The minimum atomic E-state index is 0. The van der Waals surface area contributed by atoms with Crippen molar-refractivity contribution in [1.29, 1.82) is 0 Å². The zero-order chi connectivity index (χ0) is 15.8. The number of carbonyl (C=O) groups excluding carboxylic acids is 1. The number of thioether (sulfide) groups is 1. The van der Waals surface area contributed by atoms with Crippen LogP contribution in [0.3, 0.4) is 0 Å². The summed E-state index contributed by atoms with van der Waals surface area (Å²) in [6.45, 7) is 1.88. The predicted octanol–water partition coefficient (Wildman–Crippen LogP) is 2.11. The van der Waals surface area contributed by atoms with Gasteiger partial charge in [-0.15, -0.1) is 24.0 Å². The molecular formula is C16H25IN4OS. The molecule has 7 heteroatoms. The number of amides is 1. The monoisotopic (exact) mass is 448 g/mol. The molecule has 5 nitrogen and oxygen atoms in total. The molecule has 0 radical (unpaired) electrons. The number of para-hydroxylation sites is 1. The van der Waals surface area contributed by atoms with Crippen molar-refractivity contribution in [3.05, 3.63) is 29.8 Å². The molecule has 0 spiro atoms. The summed E-state index contributed by atoms with van der Waals surface area (Å²) < 4.78 is 0. The van der Waals surface area contributed by atoms with E-state index in [0.29, 0.717) is 5.96 Å². The first-order chi connectivity index (χ1) is 10.8. The number of hydrogen-bond donors (Lipinski definition) is 2. The molecule has 23 heavy (non-hydrogen) atoms. The molecule has 1 heterocycles. The van der Waals surface area contributed by atoms with E-state index in [-0.39, 0.29) is 36.4 Å². The molecule has 2 N–H and O–H groups in total. The van der Waals surface area contributed by atoms with Crippen molar-refractivity contribution in [2.24, 2.45) is 4.99 Å². The van der Waals surface area contributed by atoms with Gasteiger partial charge in [0.1, 0.15) is 0 Å². The molecule has 0 fully saturated rings. The highest BCUT2D eigenvalue weighted by Crippen LogP contribution is 2.26. The normalized spacial score (nSPS) is 13.8. The average molecular weight is 448 g/mol. The molecular weight excluding hydrogens is 423 g/mol. The van der Waals surface area contributed by atoms with Crippen molar-refractivity contribution in [2.45, 2.75) is 12.8 Å². The van der Waals surface area contributed by atoms with E-state index in [9.17, 15) is 4.79 Å². The number of rotatable bonds is 5. The molecule has 1 aromatic carbocycles. The van der Waals surface area contributed by atoms with Crippen LogP contribution in [0.25, 0.3) is 0 Å². The molecule has 1 aliphatic heterocycles. The van der Waals surface area contributed by atoms with Gasteiger partial charge >= 0.3 is 0 Å². The molecule has 1 amide bonds. The van der Waals surface area contributed by atoms with E-state index in [4.69, 9.17) is 0 Å². The van der Waals surface area contributed by atoms with Crippen molar-refractivity contribution in [3.8, 4) is 0 Å². The van der Waals surface area contributed by atoms with Crippen molar-refractivity contribution in [2.75, 3.05) is 43.6 Å². The van der Waals surface area contributed by atoms with Gasteiger partial charge in [0.05, 0.1) is 6.54 Å². The van der Waals surface area contributed by atoms with Crippen LogP contribution < -0.4 is 15.5 Å². The van der Waals surface area contributed by atoms with Crippen molar-refractivity contribution in [3.63, 3.8) is 0 Å². The second kappa shape index (κ2) is 10.7. The van der Waals surface area contributed by atoms with Crippen LogP contribution in [-0.4, -0.2) is 50.6 Å². The number of aliphatic imine (C=N–C) groups is 1. The van der Waals surface area contributed by atoms with E-state index in [1.165, 1.54) is 5.56 Å². The summed E-state index contributed by atoms with van der Waals surface area (Å²) in [6, 6.07) is 8.15. The first-order valence-corrected chi connectivity index (χ1v) is 8.97. The largest absolute Gasteiger partial charge is 0.356 e. The highest BCUT2D eigenvalue weighted by atomic mass is 127. The fraction of sp³-hybridized carbons (Fsp3) is 0.500. The molecule has 0 aromatic heterocycles. The lowest BCUT2D eigenvalue weighted by Crippen LogP contribution is -2.46. The Balaban J connectivity index is 0.00000264. The first-order valence-electron chi connectivity index (χ1n) is 7.58. The van der Waals surface area contributed by atoms with Gasteiger partial charge in [0.25, 0.3) is 0 Å². The molecule has 2 rings (SSSR count). The number of halogens is 1. The molecule has 0 saturated heterocycles. The summed E-state index contributed by atoms with van der Waals surface area (Å²) in [7, 11) is 1.72. The third-order valence-electron chi connectivity index (χ3n) is 3.64. The summed E-state index contributed by atoms with van der Waals surface area (Å²) in [5.41, 5.74) is 2.30. The smallest absolute Gasteiger partial charge is 0.246 e. The summed E-state index contributed by atoms with van der Waals surface area (Å²) >= 11 is 1.77. The topological polar surface area (TPSA) is 56.7 Å². The van der Waals surface area contributed by atoms with E-state index < -0.39 is 0 Å². The first kappa shape index (κ1) is 20.1. The van der Waals surface area contributed by atoms with Crippen LogP contribution >= 0.6 is 35.7 Å². The molecule has 128 valence electrons. The van der Waals surface area contributed by atoms with Crippen LogP contribution in [0.5, 0.6) is 0 Å². The highest BCUT2D eigenvalue weighted by molar-refractivity contribution is 14.0. The Morgan fingerprint density at radius 1 is 1.35 bits per heavy atom. The number of anilines is 1. The van der Waals surface area contributed by atoms with E-state index in [2.05, 4.69) is 27.9 Å². The third kappa shape index (κ3) is 5.87. The number of hydrogen-bond acceptors (Lipinski definition) is 3. The number of nitrogens with one attached hydrogen (secondary N) is 2. The van der Waals surface area contributed by atoms with Gasteiger partial charge in [-0.2, -0.15) is 11.8 Å². The Hall–Kier alpha value is -0.960. The quantitative estimate of drug-likeness (QED) is 0.314. The third-order valence-corrected chi connectivity index (χ3v) is 4.25. The Morgan fingerprint density at radius 3 is 2.87 bits per heavy atom. The minimum Gasteiger partial charge on any atom is -0.356 e. The Morgan fingerprint density at radius 2 is 2.13 bits per heavy atom. The lowest BCUT2D eigenvalue weighted by molar-refractivity contribution is -0.117. The molecule has 1 aliphatic rings. The second-order valence-electron chi connectivity index (χ2n) is 5.12. The van der Waals surface area contributed by atoms with Crippen molar-refractivity contribution >= 4 is 53.3 Å². The van der Waals surface area contributed by atoms with Gasteiger partial charge < -0.3 is 15.5 Å². The number of aryl methyl sites for hydroxylation is 1. The van der Waals surface area contributed by atoms with Gasteiger partial charge in [0.15, 0.2) is 5.96 Å². The number of nitrogens with zero attached hydrogens (tertiary/aromatic N) is 2. The molecule has 0 unspecified atom stereocenters. The van der Waals surface area contributed by atoms with Gasteiger partial charge in [-0.05, 0) is 30.7 Å². The summed E-state index contributed by atoms with van der Waals surface area (Å²) in [4.78, 5) is 18.5. The lowest BCUT2D eigenvalue weighted by Gasteiger charge is -2.29. The SMILES string of the molecule is CN=C(NCCSC)NCC(=O)N1CCCc2ccccc21.I. The Bertz CT molecular complexity index is 539. The Labute approximate surface area is 159 Å². The van der Waals surface area contributed by atoms with Gasteiger partial charge in [-0.3, -0.25) is 9.79 Å². The second-order valence-corrected chi connectivity index (χ2v) is 6.11. The van der Waals surface area contributed by atoms with Crippen LogP contribution in [0.15, 0.2) is 29.3 Å². The zero-order valence-electron chi connectivity index (χ0n) is 13.7. The number of guanidine groups is 1. The summed E-state index contributed by atoms with van der Waals surface area (Å²) in [5.74, 6) is 1.77. The van der Waals surface area contributed by atoms with Gasteiger partial charge in [-0.25, -0.2) is 0 Å². The van der Waals surface area contributed by atoms with Crippen molar-refractivity contribution in [1.82, 2.24) is 10.6 Å². The maximum Gasteiger partial charge on any atom is 0.246 e. The van der Waals surface area contributed by atoms with Crippen LogP contribution in [0.1, 0.15) is 12.0 Å². The van der Waals surface area contributed by atoms with Crippen LogP contribution in [0.4, 0.5) is 5.69 Å². The van der Waals surface area contributed by atoms with Gasteiger partial charge in [0.2, 0.25) is 5.91 Å². The minimum absolute atomic E-state index is 0. The fourth-order valence-electron chi connectivity index (χ4n) is 2.54. The van der Waals surface area contributed by atoms with E-state index in [1.807, 2.05) is 23.1 Å².